The van der Waals surface area contributed by atoms with Crippen LogP contribution in [0.3, 0.4) is 0 Å². The van der Waals surface area contributed by atoms with Crippen LogP contribution in [0.1, 0.15) is 25.0 Å². The van der Waals surface area contributed by atoms with E-state index < -0.39 is 0 Å². The van der Waals surface area contributed by atoms with Gasteiger partial charge in [-0.15, -0.1) is 0 Å². The summed E-state index contributed by atoms with van der Waals surface area (Å²) in [5.41, 5.74) is 7.40. The summed E-state index contributed by atoms with van der Waals surface area (Å²) in [4.78, 5) is 0. The van der Waals surface area contributed by atoms with Crippen molar-refractivity contribution in [2.45, 2.75) is 19.3 Å². The van der Waals surface area contributed by atoms with Crippen molar-refractivity contribution < 1.29 is 0 Å². The van der Waals surface area contributed by atoms with Gasteiger partial charge in [0.1, 0.15) is 0 Å². The first-order valence-electron chi connectivity index (χ1n) is 20.8. The number of hydrogen-bond acceptors (Lipinski definition) is 0. The lowest BCUT2D eigenvalue weighted by Gasteiger charge is -2.27. The summed E-state index contributed by atoms with van der Waals surface area (Å²) in [6.45, 7) is 4.70. The van der Waals surface area contributed by atoms with Gasteiger partial charge in [-0.25, -0.2) is 0 Å². The molecule has 0 aliphatic carbocycles. The molecule has 0 aromatic heterocycles. The molecule has 0 saturated carbocycles. The zero-order valence-electron chi connectivity index (χ0n) is 33.1. The molecule has 0 heteroatoms. The highest BCUT2D eigenvalue weighted by Crippen LogP contribution is 2.45. The predicted octanol–water partition coefficient (Wildman–Crippen LogP) is 16.6. The number of rotatable bonds is 4. The van der Waals surface area contributed by atoms with Crippen molar-refractivity contribution in [1.82, 2.24) is 0 Å². The average molecular weight is 749 g/mol. The van der Waals surface area contributed by atoms with Gasteiger partial charge in [0.05, 0.1) is 0 Å². The molecular formula is C59H40. The molecule has 0 nitrogen and oxygen atoms in total. The summed E-state index contributed by atoms with van der Waals surface area (Å²) in [7, 11) is 0. The maximum atomic E-state index is 2.44. The highest BCUT2D eigenvalue weighted by Gasteiger charge is 2.24. The standard InChI is InChI=1S/C59H40/c1-59(2,39-31-27-37(28-32-39)53-35-55-45-19-5-3-15-41(45)43-17-7-11-23-49(43)57(55)51-25-13-9-21-47(51)53)40-33-29-38(30-34-40)54-36-56-46-20-6-4-16-42(46)44-18-8-12-24-50(44)58(56)52-26-14-10-22-48(52)54/h3-36H,1-2H3. The van der Waals surface area contributed by atoms with E-state index in [0.717, 1.165) is 0 Å². The highest BCUT2D eigenvalue weighted by atomic mass is 14.3. The second kappa shape index (κ2) is 12.9. The van der Waals surface area contributed by atoms with Gasteiger partial charge in [-0.2, -0.15) is 0 Å². The highest BCUT2D eigenvalue weighted by molar-refractivity contribution is 6.34. The third kappa shape index (κ3) is 5.03. The summed E-state index contributed by atoms with van der Waals surface area (Å²) in [5.74, 6) is 0. The summed E-state index contributed by atoms with van der Waals surface area (Å²) in [5, 5.41) is 20.9. The first kappa shape index (κ1) is 33.8. The Labute approximate surface area is 343 Å². The molecule has 0 radical (unpaired) electrons. The van der Waals surface area contributed by atoms with Gasteiger partial charge in [-0.3, -0.25) is 0 Å². The largest absolute Gasteiger partial charge is 0.0616 e. The van der Waals surface area contributed by atoms with Crippen molar-refractivity contribution in [3.05, 3.63) is 217 Å². The quantitative estimate of drug-likeness (QED) is 0.157. The van der Waals surface area contributed by atoms with E-state index in [0.29, 0.717) is 0 Å². The van der Waals surface area contributed by atoms with Crippen LogP contribution in [-0.4, -0.2) is 0 Å². The summed E-state index contributed by atoms with van der Waals surface area (Å²) in [6.07, 6.45) is 0. The Hall–Kier alpha value is -7.28. The van der Waals surface area contributed by atoms with E-state index in [1.807, 2.05) is 0 Å². The van der Waals surface area contributed by atoms with E-state index in [2.05, 4.69) is 220 Å². The fraction of sp³-hybridized carbons (Fsp3) is 0.0508. The van der Waals surface area contributed by atoms with E-state index in [9.17, 15) is 0 Å². The van der Waals surface area contributed by atoms with E-state index in [1.165, 1.54) is 120 Å². The van der Waals surface area contributed by atoms with Crippen LogP contribution in [0.4, 0.5) is 0 Å². The number of hydrogen-bond donors (Lipinski definition) is 0. The third-order valence-electron chi connectivity index (χ3n) is 13.3. The molecule has 59 heavy (non-hydrogen) atoms. The summed E-state index contributed by atoms with van der Waals surface area (Å²) >= 11 is 0. The van der Waals surface area contributed by atoms with Gasteiger partial charge < -0.3 is 0 Å². The fourth-order valence-electron chi connectivity index (χ4n) is 10.3. The third-order valence-corrected chi connectivity index (χ3v) is 13.3. The minimum atomic E-state index is -0.196. The van der Waals surface area contributed by atoms with Gasteiger partial charge in [0.15, 0.2) is 0 Å². The Morgan fingerprint density at radius 3 is 0.797 bits per heavy atom. The van der Waals surface area contributed by atoms with Crippen molar-refractivity contribution in [3.8, 4) is 22.3 Å². The summed E-state index contributed by atoms with van der Waals surface area (Å²) in [6, 6.07) is 76.9. The zero-order valence-corrected chi connectivity index (χ0v) is 33.1. The van der Waals surface area contributed by atoms with Crippen LogP contribution >= 0.6 is 0 Å². The Morgan fingerprint density at radius 2 is 0.475 bits per heavy atom. The topological polar surface area (TPSA) is 0 Å². The van der Waals surface area contributed by atoms with Crippen LogP contribution in [0.5, 0.6) is 0 Å². The van der Waals surface area contributed by atoms with Crippen LogP contribution in [0.15, 0.2) is 206 Å². The van der Waals surface area contributed by atoms with Gasteiger partial charge in [-0.1, -0.05) is 208 Å². The number of fused-ring (bicyclic) bond motifs is 16. The Morgan fingerprint density at radius 1 is 0.237 bits per heavy atom. The molecule has 0 saturated heterocycles. The molecule has 0 heterocycles. The van der Waals surface area contributed by atoms with Crippen molar-refractivity contribution in [3.63, 3.8) is 0 Å². The minimum absolute atomic E-state index is 0.196. The van der Waals surface area contributed by atoms with Crippen LogP contribution in [0.2, 0.25) is 0 Å². The second-order valence-electron chi connectivity index (χ2n) is 16.7. The van der Waals surface area contributed by atoms with Crippen molar-refractivity contribution in [2.75, 3.05) is 0 Å². The molecule has 0 amide bonds. The molecule has 12 rings (SSSR count). The normalized spacial score (nSPS) is 12.2. The van der Waals surface area contributed by atoms with Crippen LogP contribution in [0, 0.1) is 0 Å². The van der Waals surface area contributed by atoms with Crippen molar-refractivity contribution in [1.29, 1.82) is 0 Å². The first-order valence-corrected chi connectivity index (χ1v) is 20.8. The predicted molar refractivity (Wildman–Crippen MR) is 256 cm³/mol. The minimum Gasteiger partial charge on any atom is -0.0616 e. The maximum absolute atomic E-state index is 2.44. The molecule has 0 atom stereocenters. The molecule has 276 valence electrons. The Balaban J connectivity index is 0.954. The number of benzene rings is 12. The SMILES string of the molecule is CC(C)(c1ccc(-c2cc3c4ccccc4c4ccccc4c3c3ccccc23)cc1)c1ccc(-c2cc3c4ccccc4c4ccccc4c3c3ccccc23)cc1. The lowest BCUT2D eigenvalue weighted by molar-refractivity contribution is 0.641. The molecule has 0 spiro atoms. The Bertz CT molecular complexity index is 3420. The van der Waals surface area contributed by atoms with Gasteiger partial charge in [-0.05, 0) is 132 Å². The van der Waals surface area contributed by atoms with Crippen LogP contribution < -0.4 is 0 Å². The lowest BCUT2D eigenvalue weighted by Crippen LogP contribution is -2.18. The average Bonchev–Trinajstić information content (AvgIpc) is 3.31. The van der Waals surface area contributed by atoms with Crippen LogP contribution in [-0.2, 0) is 5.41 Å². The Kier molecular flexibility index (Phi) is 7.38. The van der Waals surface area contributed by atoms with E-state index in [-0.39, 0.29) is 5.41 Å². The molecule has 0 aliphatic heterocycles. The smallest absolute Gasteiger partial charge is 0.0146 e. The molecular weight excluding hydrogens is 709 g/mol. The van der Waals surface area contributed by atoms with E-state index >= 15 is 0 Å². The van der Waals surface area contributed by atoms with E-state index in [1.54, 1.807) is 0 Å². The summed E-state index contributed by atoms with van der Waals surface area (Å²) < 4.78 is 0. The fourth-order valence-corrected chi connectivity index (χ4v) is 10.3. The van der Waals surface area contributed by atoms with Crippen molar-refractivity contribution >= 4 is 86.2 Å². The van der Waals surface area contributed by atoms with E-state index in [4.69, 9.17) is 0 Å². The second-order valence-corrected chi connectivity index (χ2v) is 16.7. The molecule has 0 aliphatic rings. The maximum Gasteiger partial charge on any atom is 0.0146 e. The molecule has 0 fully saturated rings. The first-order chi connectivity index (χ1) is 29.0. The van der Waals surface area contributed by atoms with Gasteiger partial charge >= 0.3 is 0 Å². The van der Waals surface area contributed by atoms with Gasteiger partial charge in [0.25, 0.3) is 0 Å². The van der Waals surface area contributed by atoms with Crippen LogP contribution in [0.25, 0.3) is 108 Å². The van der Waals surface area contributed by atoms with Gasteiger partial charge in [0.2, 0.25) is 0 Å². The van der Waals surface area contributed by atoms with Crippen molar-refractivity contribution in [2.24, 2.45) is 0 Å². The molecule has 12 aromatic rings. The lowest BCUT2D eigenvalue weighted by atomic mass is 9.77. The zero-order chi connectivity index (χ0) is 39.2. The molecule has 12 aromatic carbocycles. The van der Waals surface area contributed by atoms with Gasteiger partial charge in [0, 0.05) is 5.41 Å². The molecule has 0 bridgehead atoms. The molecule has 0 N–H and O–H groups in total. The monoisotopic (exact) mass is 748 g/mol. The molecule has 0 unspecified atom stereocenters.